The van der Waals surface area contributed by atoms with Crippen molar-refractivity contribution in [3.63, 3.8) is 0 Å². The average Bonchev–Trinajstić information content (AvgIpc) is 3.30. The van der Waals surface area contributed by atoms with Crippen molar-refractivity contribution < 1.29 is 14.5 Å². The van der Waals surface area contributed by atoms with E-state index in [1.165, 1.54) is 20.2 Å². The quantitative estimate of drug-likeness (QED) is 0.666. The van der Waals surface area contributed by atoms with Gasteiger partial charge >= 0.3 is 0 Å². The van der Waals surface area contributed by atoms with Crippen LogP contribution in [-0.2, 0) is 16.0 Å². The van der Waals surface area contributed by atoms with Crippen LogP contribution in [-0.4, -0.2) is 37.5 Å². The second-order valence-electron chi connectivity index (χ2n) is 6.66. The van der Waals surface area contributed by atoms with Gasteiger partial charge < -0.3 is 15.5 Å². The summed E-state index contributed by atoms with van der Waals surface area (Å²) in [6.07, 6.45) is 1.89. The third-order valence-corrected chi connectivity index (χ3v) is 6.64. The highest BCUT2D eigenvalue weighted by Crippen LogP contribution is 2.31. The number of hydrogen-bond acceptors (Lipinski definition) is 4. The predicted molar refractivity (Wildman–Crippen MR) is 106 cm³/mol. The summed E-state index contributed by atoms with van der Waals surface area (Å²) in [6, 6.07) is 6.12. The highest BCUT2D eigenvalue weighted by Gasteiger charge is 2.35. The third kappa shape index (κ3) is 4.34. The molecule has 0 aromatic carbocycles. The number of carbonyl (C=O) groups is 2. The fraction of sp³-hybridized carbons (Fsp3) is 0.474. The molecule has 1 unspecified atom stereocenters. The van der Waals surface area contributed by atoms with Gasteiger partial charge in [-0.1, -0.05) is 13.0 Å². The Labute approximate surface area is 162 Å². The topological polar surface area (TPSA) is 62.6 Å². The maximum atomic E-state index is 12.6. The van der Waals surface area contributed by atoms with Gasteiger partial charge in [0.1, 0.15) is 12.1 Å². The third-order valence-electron chi connectivity index (χ3n) is 4.71. The van der Waals surface area contributed by atoms with Gasteiger partial charge in [0.15, 0.2) is 6.54 Å². The number of hydrogen-bond donors (Lipinski definition) is 3. The SMILES string of the molecule is CCCNC(=O)[C@H](C)NC(=O)C[NH+]1CCc2sccc2[C@@H]1c1cccs1. The van der Waals surface area contributed by atoms with Crippen LogP contribution >= 0.6 is 22.7 Å². The lowest BCUT2D eigenvalue weighted by molar-refractivity contribution is -0.919. The maximum absolute atomic E-state index is 12.6. The zero-order valence-electron chi connectivity index (χ0n) is 15.2. The second kappa shape index (κ2) is 8.79. The number of fused-ring (bicyclic) bond motifs is 1. The number of amides is 2. The van der Waals surface area contributed by atoms with Crippen LogP contribution in [0.4, 0.5) is 0 Å². The molecule has 0 radical (unpaired) electrons. The first-order valence-electron chi connectivity index (χ1n) is 9.11. The lowest BCUT2D eigenvalue weighted by Crippen LogP contribution is -3.14. The summed E-state index contributed by atoms with van der Waals surface area (Å²) in [5, 5.41) is 9.92. The summed E-state index contributed by atoms with van der Waals surface area (Å²) in [5.41, 5.74) is 1.35. The molecule has 2 aromatic rings. The van der Waals surface area contributed by atoms with Crippen LogP contribution < -0.4 is 15.5 Å². The van der Waals surface area contributed by atoms with Gasteiger partial charge in [-0.3, -0.25) is 9.59 Å². The fourth-order valence-corrected chi connectivity index (χ4v) is 5.24. The molecular weight excluding hydrogens is 366 g/mol. The van der Waals surface area contributed by atoms with Crippen LogP contribution in [0.3, 0.4) is 0 Å². The van der Waals surface area contributed by atoms with E-state index in [-0.39, 0.29) is 17.9 Å². The maximum Gasteiger partial charge on any atom is 0.275 e. The van der Waals surface area contributed by atoms with Crippen molar-refractivity contribution >= 4 is 34.5 Å². The molecule has 26 heavy (non-hydrogen) atoms. The molecule has 0 bridgehead atoms. The van der Waals surface area contributed by atoms with Crippen molar-refractivity contribution in [2.75, 3.05) is 19.6 Å². The number of nitrogens with one attached hydrogen (secondary N) is 3. The lowest BCUT2D eigenvalue weighted by Gasteiger charge is -2.32. The number of thiophene rings is 2. The summed E-state index contributed by atoms with van der Waals surface area (Å²) in [7, 11) is 0. The Morgan fingerprint density at radius 1 is 1.31 bits per heavy atom. The normalized spacial score (nSPS) is 20.2. The smallest absolute Gasteiger partial charge is 0.275 e. The molecule has 0 saturated carbocycles. The zero-order chi connectivity index (χ0) is 18.5. The first kappa shape index (κ1) is 19.1. The van der Waals surface area contributed by atoms with Crippen molar-refractivity contribution in [1.29, 1.82) is 0 Å². The Morgan fingerprint density at radius 2 is 2.15 bits per heavy atom. The lowest BCUT2D eigenvalue weighted by atomic mass is 9.98. The number of rotatable bonds is 7. The summed E-state index contributed by atoms with van der Waals surface area (Å²) in [6.45, 7) is 5.69. The number of carbonyl (C=O) groups excluding carboxylic acids is 2. The Hall–Kier alpha value is -1.70. The molecule has 1 aliphatic rings. The van der Waals surface area contributed by atoms with E-state index in [2.05, 4.69) is 39.6 Å². The van der Waals surface area contributed by atoms with E-state index in [4.69, 9.17) is 0 Å². The van der Waals surface area contributed by atoms with Gasteiger partial charge in [0, 0.05) is 23.4 Å². The van der Waals surface area contributed by atoms with Crippen LogP contribution in [0.2, 0.25) is 0 Å². The van der Waals surface area contributed by atoms with Gasteiger partial charge in [0.05, 0.1) is 11.4 Å². The first-order valence-corrected chi connectivity index (χ1v) is 10.9. The molecular formula is C19H26N3O2S2+. The van der Waals surface area contributed by atoms with Crippen molar-refractivity contribution in [1.82, 2.24) is 10.6 Å². The largest absolute Gasteiger partial charge is 0.354 e. The zero-order valence-corrected chi connectivity index (χ0v) is 16.8. The Morgan fingerprint density at radius 3 is 2.88 bits per heavy atom. The summed E-state index contributed by atoms with van der Waals surface area (Å²) in [4.78, 5) is 28.5. The van der Waals surface area contributed by atoms with Crippen LogP contribution in [0.5, 0.6) is 0 Å². The standard InChI is InChI=1S/C19H25N3O2S2/c1-3-8-20-19(24)13(2)21-17(23)12-22-9-6-15-14(7-11-26-15)18(22)16-5-4-10-25-16/h4-5,7,10-11,13,18H,3,6,8-9,12H2,1-2H3,(H,20,24)(H,21,23)/p+1/t13-,18+/m0/s1. The molecule has 2 amide bonds. The van der Waals surface area contributed by atoms with Gasteiger partial charge in [-0.15, -0.1) is 22.7 Å². The molecule has 7 heteroatoms. The Kier molecular flexibility index (Phi) is 6.45. The van der Waals surface area contributed by atoms with Crippen molar-refractivity contribution in [2.45, 2.75) is 38.8 Å². The molecule has 0 aliphatic carbocycles. The molecule has 2 aromatic heterocycles. The van der Waals surface area contributed by atoms with E-state index in [0.29, 0.717) is 13.1 Å². The van der Waals surface area contributed by atoms with E-state index in [0.717, 1.165) is 19.4 Å². The van der Waals surface area contributed by atoms with Crippen LogP contribution in [0.15, 0.2) is 29.0 Å². The molecule has 3 rings (SSSR count). The van der Waals surface area contributed by atoms with Crippen molar-refractivity contribution in [3.8, 4) is 0 Å². The average molecular weight is 393 g/mol. The van der Waals surface area contributed by atoms with Crippen molar-refractivity contribution in [3.05, 3.63) is 44.3 Å². The molecule has 5 nitrogen and oxygen atoms in total. The minimum absolute atomic E-state index is 0.0700. The van der Waals surface area contributed by atoms with Gasteiger partial charge in [-0.2, -0.15) is 0 Å². The number of quaternary nitrogens is 1. The van der Waals surface area contributed by atoms with Crippen LogP contribution in [0.1, 0.15) is 41.6 Å². The van der Waals surface area contributed by atoms with Gasteiger partial charge in [-0.25, -0.2) is 0 Å². The monoisotopic (exact) mass is 392 g/mol. The first-order chi connectivity index (χ1) is 12.6. The Balaban J connectivity index is 1.66. The minimum atomic E-state index is -0.505. The van der Waals surface area contributed by atoms with E-state index in [1.807, 2.05) is 18.3 Å². The molecule has 0 fully saturated rings. The fourth-order valence-electron chi connectivity index (χ4n) is 3.42. The van der Waals surface area contributed by atoms with Gasteiger partial charge in [-0.05, 0) is 36.2 Å². The summed E-state index contributed by atoms with van der Waals surface area (Å²) in [5.74, 6) is -0.192. The summed E-state index contributed by atoms with van der Waals surface area (Å²) >= 11 is 3.55. The highest BCUT2D eigenvalue weighted by molar-refractivity contribution is 7.10. The molecule has 3 heterocycles. The van der Waals surface area contributed by atoms with Gasteiger partial charge in [0.25, 0.3) is 5.91 Å². The molecule has 0 saturated heterocycles. The molecule has 3 N–H and O–H groups in total. The van der Waals surface area contributed by atoms with E-state index in [9.17, 15) is 9.59 Å². The molecule has 1 aliphatic heterocycles. The van der Waals surface area contributed by atoms with Crippen molar-refractivity contribution in [2.24, 2.45) is 0 Å². The molecule has 3 atom stereocenters. The minimum Gasteiger partial charge on any atom is -0.354 e. The summed E-state index contributed by atoms with van der Waals surface area (Å²) < 4.78 is 0. The Bertz CT molecular complexity index is 742. The van der Waals surface area contributed by atoms with E-state index >= 15 is 0 Å². The van der Waals surface area contributed by atoms with Crippen LogP contribution in [0, 0.1) is 0 Å². The van der Waals surface area contributed by atoms with Crippen LogP contribution in [0.25, 0.3) is 0 Å². The van der Waals surface area contributed by atoms with E-state index < -0.39 is 6.04 Å². The predicted octanol–water partition coefficient (Wildman–Crippen LogP) is 1.37. The molecule has 0 spiro atoms. The highest BCUT2D eigenvalue weighted by atomic mass is 32.1. The van der Waals surface area contributed by atoms with Gasteiger partial charge in [0.2, 0.25) is 5.91 Å². The second-order valence-corrected chi connectivity index (χ2v) is 8.64. The molecule has 140 valence electrons. The van der Waals surface area contributed by atoms with E-state index in [1.54, 1.807) is 18.3 Å².